The third-order valence-corrected chi connectivity index (χ3v) is 4.49. The zero-order valence-corrected chi connectivity index (χ0v) is 14.1. The van der Waals surface area contributed by atoms with Crippen LogP contribution in [0.25, 0.3) is 20.7 Å². The maximum absolute atomic E-state index is 13.4. The number of nitrogens with zero attached hydrogens (tertiary/aromatic N) is 7. The summed E-state index contributed by atoms with van der Waals surface area (Å²) in [6, 6.07) is 2.40. The number of halogens is 3. The number of rotatable bonds is 2. The lowest BCUT2D eigenvalue weighted by Gasteiger charge is -2.12. The van der Waals surface area contributed by atoms with E-state index in [1.807, 2.05) is 0 Å². The van der Waals surface area contributed by atoms with Crippen LogP contribution >= 0.6 is 11.8 Å². The Morgan fingerprint density at radius 1 is 1.04 bits per heavy atom. The first-order valence-electron chi connectivity index (χ1n) is 6.96. The monoisotopic (exact) mass is 375 g/mol. The van der Waals surface area contributed by atoms with Gasteiger partial charge in [-0.3, -0.25) is 9.69 Å². The van der Waals surface area contributed by atoms with Crippen molar-refractivity contribution in [3.63, 3.8) is 0 Å². The highest BCUT2D eigenvalue weighted by Gasteiger charge is 2.37. The largest absolute Gasteiger partial charge is 0.436 e. The minimum absolute atomic E-state index is 0.00649. The molecular weight excluding hydrogens is 367 g/mol. The number of fused-ring (bicyclic) bond motifs is 1. The van der Waals surface area contributed by atoms with E-state index in [0.29, 0.717) is 17.6 Å². The Balaban J connectivity index is 2.24. The summed E-state index contributed by atoms with van der Waals surface area (Å²) < 4.78 is 41.9. The highest BCUT2D eigenvalue weighted by molar-refractivity contribution is 7.99. The Kier molecular flexibility index (Phi) is 4.26. The lowest BCUT2D eigenvalue weighted by Crippen LogP contribution is -2.12. The normalized spacial score (nSPS) is 11.3. The van der Waals surface area contributed by atoms with Crippen LogP contribution in [-0.2, 0) is 13.2 Å². The van der Waals surface area contributed by atoms with Gasteiger partial charge in [0.05, 0.1) is 24.2 Å². The second-order valence-corrected chi connectivity index (χ2v) is 6.08. The molecule has 0 unspecified atom stereocenters. The van der Waals surface area contributed by atoms with E-state index in [9.17, 15) is 13.2 Å². The molecule has 7 nitrogen and oxygen atoms in total. The summed E-state index contributed by atoms with van der Waals surface area (Å²) in [5.41, 5.74) is -1.25. The SMILES string of the molecule is [C-]#[N+]c1cc2nc(Sc3nnc(C)n3C)c(C(F)(F)F)nc2cc1[N+]#[C-]. The fourth-order valence-electron chi connectivity index (χ4n) is 2.06. The summed E-state index contributed by atoms with van der Waals surface area (Å²) in [7, 11) is 1.62. The number of hydrogen-bond donors (Lipinski definition) is 0. The molecular formula is C15H8F3N7S. The van der Waals surface area contributed by atoms with Gasteiger partial charge in [-0.15, -0.1) is 10.2 Å². The van der Waals surface area contributed by atoms with Gasteiger partial charge in [0, 0.05) is 7.05 Å². The van der Waals surface area contributed by atoms with Crippen LogP contribution in [-0.4, -0.2) is 24.7 Å². The molecule has 2 aromatic heterocycles. The van der Waals surface area contributed by atoms with Crippen molar-refractivity contribution in [2.45, 2.75) is 23.3 Å². The maximum atomic E-state index is 13.4. The lowest BCUT2D eigenvalue weighted by molar-refractivity contribution is -0.143. The van der Waals surface area contributed by atoms with Gasteiger partial charge < -0.3 is 4.57 Å². The molecule has 1 aromatic carbocycles. The van der Waals surface area contributed by atoms with E-state index in [2.05, 4.69) is 29.9 Å². The van der Waals surface area contributed by atoms with E-state index >= 15 is 0 Å². The first-order chi connectivity index (χ1) is 12.2. The first-order valence-corrected chi connectivity index (χ1v) is 7.78. The molecule has 0 aliphatic rings. The van der Waals surface area contributed by atoms with Crippen LogP contribution < -0.4 is 0 Å². The molecule has 0 spiro atoms. The van der Waals surface area contributed by atoms with Gasteiger partial charge in [-0.05, 0) is 30.8 Å². The molecule has 0 fully saturated rings. The van der Waals surface area contributed by atoms with E-state index in [0.717, 1.165) is 6.07 Å². The zero-order chi connectivity index (χ0) is 19.1. The van der Waals surface area contributed by atoms with Crippen molar-refractivity contribution in [2.75, 3.05) is 0 Å². The highest BCUT2D eigenvalue weighted by Crippen LogP contribution is 2.39. The fourth-order valence-corrected chi connectivity index (χ4v) is 2.99. The van der Waals surface area contributed by atoms with Crippen LogP contribution in [0.1, 0.15) is 11.5 Å². The van der Waals surface area contributed by atoms with Crippen LogP contribution in [0.3, 0.4) is 0 Å². The van der Waals surface area contributed by atoms with Gasteiger partial charge in [0.2, 0.25) is 0 Å². The van der Waals surface area contributed by atoms with Gasteiger partial charge in [0.25, 0.3) is 0 Å². The minimum atomic E-state index is -4.74. The van der Waals surface area contributed by atoms with E-state index in [-0.39, 0.29) is 27.6 Å². The summed E-state index contributed by atoms with van der Waals surface area (Å²) in [5.74, 6) is 0.534. The number of hydrogen-bond acceptors (Lipinski definition) is 5. The predicted molar refractivity (Wildman–Crippen MR) is 86.9 cm³/mol. The smallest absolute Gasteiger partial charge is 0.309 e. The molecule has 0 aliphatic heterocycles. The molecule has 0 bridgehead atoms. The van der Waals surface area contributed by atoms with Crippen LogP contribution in [0.4, 0.5) is 24.5 Å². The van der Waals surface area contributed by atoms with Crippen LogP contribution in [0.2, 0.25) is 0 Å². The van der Waals surface area contributed by atoms with E-state index in [4.69, 9.17) is 13.1 Å². The van der Waals surface area contributed by atoms with Gasteiger partial charge in [0.1, 0.15) is 10.9 Å². The van der Waals surface area contributed by atoms with E-state index < -0.39 is 16.9 Å². The molecule has 3 rings (SSSR count). The summed E-state index contributed by atoms with van der Waals surface area (Å²) in [5, 5.41) is 7.46. The molecule has 0 N–H and O–H groups in total. The van der Waals surface area contributed by atoms with Gasteiger partial charge in [-0.25, -0.2) is 9.97 Å². The molecule has 130 valence electrons. The highest BCUT2D eigenvalue weighted by atomic mass is 32.2. The van der Waals surface area contributed by atoms with Gasteiger partial charge in [0.15, 0.2) is 22.2 Å². The zero-order valence-electron chi connectivity index (χ0n) is 13.3. The molecule has 11 heteroatoms. The van der Waals surface area contributed by atoms with Gasteiger partial charge in [-0.2, -0.15) is 13.2 Å². The topological polar surface area (TPSA) is 65.2 Å². The summed E-state index contributed by atoms with van der Waals surface area (Å²) in [6.45, 7) is 15.8. The quantitative estimate of drug-likeness (QED) is 0.624. The molecule has 0 amide bonds. The number of aryl methyl sites for hydroxylation is 1. The van der Waals surface area contributed by atoms with Crippen LogP contribution in [0.5, 0.6) is 0 Å². The molecule has 0 saturated heterocycles. The molecule has 0 radical (unpaired) electrons. The van der Waals surface area contributed by atoms with Crippen molar-refractivity contribution in [1.29, 1.82) is 0 Å². The van der Waals surface area contributed by atoms with E-state index in [1.54, 1.807) is 14.0 Å². The summed E-state index contributed by atoms with van der Waals surface area (Å²) in [6.07, 6.45) is -4.74. The molecule has 0 aliphatic carbocycles. The molecule has 0 atom stereocenters. The molecule has 26 heavy (non-hydrogen) atoms. The standard InChI is InChI=1S/C15H8F3N7S/c1-7-23-24-14(25(7)4)26-13-12(15(16,17)18)21-10-5-8(19-2)9(20-3)6-11(10)22-13/h5-6H,1,4H3. The molecule has 2 heterocycles. The van der Waals surface area contributed by atoms with Crippen molar-refractivity contribution in [1.82, 2.24) is 24.7 Å². The maximum Gasteiger partial charge on any atom is 0.436 e. The van der Waals surface area contributed by atoms with Crippen molar-refractivity contribution in [3.05, 3.63) is 46.5 Å². The Morgan fingerprint density at radius 2 is 1.62 bits per heavy atom. The Labute approximate surface area is 149 Å². The number of alkyl halides is 3. The van der Waals surface area contributed by atoms with E-state index in [1.165, 1.54) is 10.6 Å². The average molecular weight is 375 g/mol. The predicted octanol–water partition coefficient (Wildman–Crippen LogP) is 4.34. The first kappa shape index (κ1) is 17.6. The summed E-state index contributed by atoms with van der Waals surface area (Å²) >= 11 is 0.685. The van der Waals surface area contributed by atoms with Gasteiger partial charge in [-0.1, -0.05) is 0 Å². The second-order valence-electron chi connectivity index (χ2n) is 5.12. The number of aromatic nitrogens is 5. The van der Waals surface area contributed by atoms with Crippen molar-refractivity contribution >= 4 is 34.2 Å². The van der Waals surface area contributed by atoms with Crippen molar-refractivity contribution in [3.8, 4) is 0 Å². The average Bonchev–Trinajstić information content (AvgIpc) is 2.91. The Hall–Kier alpha value is -3.18. The lowest BCUT2D eigenvalue weighted by atomic mass is 10.2. The Morgan fingerprint density at radius 3 is 2.08 bits per heavy atom. The molecule has 0 saturated carbocycles. The van der Waals surface area contributed by atoms with Crippen LogP contribution in [0, 0.1) is 20.1 Å². The van der Waals surface area contributed by atoms with Crippen molar-refractivity contribution in [2.24, 2.45) is 7.05 Å². The van der Waals surface area contributed by atoms with Crippen LogP contribution in [0.15, 0.2) is 22.3 Å². The van der Waals surface area contributed by atoms with Gasteiger partial charge >= 0.3 is 6.18 Å². The Bertz CT molecular complexity index is 1110. The molecule has 3 aromatic rings. The minimum Gasteiger partial charge on any atom is -0.309 e. The third-order valence-electron chi connectivity index (χ3n) is 3.48. The third kappa shape index (κ3) is 3.05. The van der Waals surface area contributed by atoms with Crippen molar-refractivity contribution < 1.29 is 13.2 Å². The summed E-state index contributed by atoms with van der Waals surface area (Å²) in [4.78, 5) is 14.0. The number of benzene rings is 1. The second kappa shape index (κ2) is 6.28. The fraction of sp³-hybridized carbons (Fsp3) is 0.200.